The summed E-state index contributed by atoms with van der Waals surface area (Å²) in [4.78, 5) is 125. The van der Waals surface area contributed by atoms with E-state index in [-0.39, 0.29) is 171 Å². The number of piperidine rings is 5. The number of primary amides is 1. The van der Waals surface area contributed by atoms with E-state index in [0.29, 0.717) is 138 Å². The van der Waals surface area contributed by atoms with Gasteiger partial charge in [0.1, 0.15) is 23.3 Å². The third kappa shape index (κ3) is 43.8. The summed E-state index contributed by atoms with van der Waals surface area (Å²) in [6.45, 7) is 28.8. The zero-order chi connectivity index (χ0) is 107. The molecule has 147 heavy (non-hydrogen) atoms. The number of carbonyl (C=O) groups excluding carboxylic acids is 8. The summed E-state index contributed by atoms with van der Waals surface area (Å²) in [6, 6.07) is 40.5. The van der Waals surface area contributed by atoms with Crippen molar-refractivity contribution in [1.29, 1.82) is 0 Å². The van der Waals surface area contributed by atoms with Crippen LogP contribution in [0.2, 0.25) is 0 Å². The molecule has 0 unspecified atom stereocenters. The molecule has 42 heteroatoms. The predicted octanol–water partition coefficient (Wildman–Crippen LogP) is 11.6. The van der Waals surface area contributed by atoms with Gasteiger partial charge >= 0.3 is 127 Å². The van der Waals surface area contributed by atoms with Crippen molar-refractivity contribution in [2.75, 3.05) is 141 Å². The minimum absolute atomic E-state index is 0. The Balaban J connectivity index is 0.000000365. The van der Waals surface area contributed by atoms with Crippen LogP contribution in [-0.2, 0) is 33.5 Å². The van der Waals surface area contributed by atoms with Gasteiger partial charge in [-0.15, -0.1) is 34.0 Å². The zero-order valence-electron chi connectivity index (χ0n) is 88.6. The molecule has 0 bridgehead atoms. The number of alkyl halides is 1. The van der Waals surface area contributed by atoms with Crippen LogP contribution in [0.15, 0.2) is 162 Å². The number of nitrogens with one attached hydrogen (secondary N) is 3. The second-order valence-electron chi connectivity index (χ2n) is 36.6. The number of likely N-dealkylation sites (tertiary alicyclic amines) is 4. The Morgan fingerprint density at radius 1 is 0.456 bits per heavy atom. The Bertz CT molecular complexity index is 5580. The molecule has 9 aromatic rings. The number of hydrogen-bond acceptors (Lipinski definition) is 31. The number of amides is 6. The first-order valence-corrected chi connectivity index (χ1v) is 51.4. The molecule has 6 aromatic carbocycles. The monoisotopic (exact) mass is 2220 g/mol. The maximum Gasteiger partial charge on any atom is 1.00 e. The number of carboxylic acids is 1. The standard InChI is InChI=1S/C26H29N3O3S.C21H28N2O4S.C16H20N2O2S.C11H20N2O3.C11H20N2O2S.C10H11BrO3.C9H9NO3.CH2O3.2K.H/c1-18(16-27-25(30)19-7-5-4-6-8-19)29-13-11-20(12-14-29)26-28-22(17-33-26)21-9-10-23(31-2)24(15-21)32-3;1-21(2,3)27-20(24)23-10-8-14(9-11-23)19-22-16(13-28-19)15-6-7-17(25-4)18(12-15)26-5;1-19-14-4-3-12(9-15(14)20-2)13-10-21-16(18-13)11-5-7-17-8-6-11;1-11(2,3)16-10(15)13-6-4-8(5-7-13)9(12)14;1-11(2,3)15-10(14)13-6-4-8(5-7-13)9(12)16;1-13-9-4-3-7(8(12)6-11)5-10(9)14-2;11-8(12)6-10-9(13)7-4-2-1-3-5-7;2-1-4-3;;;/h4-10,15,17,20H,1,11-14,16H2,2-3H3,(H,27,30);6-7,12-14H,8-11H2,1-5H3;3-4,9-11,17H,5-8H2,1-2H3;8H,4-7H2,1-3H3,(H2,12,14);8H,4-7H2,1-3H3,(H2,12,16);3-5H,6H2,1-2H3;1-5H,6H2,(H,10,13)(H,11,12);1,3H;;;/q;;;;;;;;2*+1;-1/p-1. The number of thiazole rings is 3. The fourth-order valence-electron chi connectivity index (χ4n) is 15.2. The van der Waals surface area contributed by atoms with Gasteiger partial charge in [-0.25, -0.2) is 29.3 Å². The van der Waals surface area contributed by atoms with Crippen molar-refractivity contribution >= 4 is 121 Å². The van der Waals surface area contributed by atoms with Crippen LogP contribution in [0, 0.1) is 11.8 Å². The SMILES string of the molecule is C=C(CNC(=O)c1ccccc1)N1CCC(c2nc(-c3ccc(OC)c(OC)c3)cs2)CC1.CC(C)(C)OC(=O)N1CCC(C(N)=O)CC1.CC(C)(C)OC(=O)N1CCC(C(N)=S)CC1.COc1ccc(-c2csc(C3CCN(C(=O)OC(C)(C)C)CC3)n2)cc1OC.COc1ccc(-c2csc(C3CCNCC3)n2)cc1OC.COc1ccc(C(=O)CBr)cc1OC.O=C(O)CNC(=O)c1ccccc1.O=CO[O-].[H-].[K+].[K+]. The van der Waals surface area contributed by atoms with Gasteiger partial charge in [-0.3, -0.25) is 28.8 Å². The number of rotatable bonds is 26. The molecular weight excluding hydrogens is 2080 g/mol. The zero-order valence-corrected chi connectivity index (χ0v) is 98.7. The van der Waals surface area contributed by atoms with E-state index in [1.807, 2.05) is 147 Å². The fourth-order valence-corrected chi connectivity index (χ4v) is 18.8. The molecule has 5 fully saturated rings. The van der Waals surface area contributed by atoms with E-state index in [0.717, 1.165) is 121 Å². The summed E-state index contributed by atoms with van der Waals surface area (Å²) in [6.07, 6.45) is 8.37. The van der Waals surface area contributed by atoms with Crippen molar-refractivity contribution in [2.24, 2.45) is 23.3 Å². The quantitative estimate of drug-likeness (QED) is 0.00428. The van der Waals surface area contributed by atoms with Crippen LogP contribution in [0.1, 0.15) is 192 Å². The maximum atomic E-state index is 12.3. The molecule has 0 saturated carbocycles. The second kappa shape index (κ2) is 65.6. The van der Waals surface area contributed by atoms with Crippen molar-refractivity contribution in [3.05, 3.63) is 194 Å². The minimum Gasteiger partial charge on any atom is -1.00 e. The van der Waals surface area contributed by atoms with Gasteiger partial charge in [0, 0.05) is 137 Å². The number of Topliss-reactive ketones (excluding diaryl/α,β-unsaturated/α-hetero) is 1. The topological polar surface area (TPSA) is 447 Å². The average Bonchev–Trinajstić information content (AvgIpc) is 1.67. The van der Waals surface area contributed by atoms with Crippen molar-refractivity contribution in [2.45, 2.75) is 161 Å². The molecule has 0 spiro atoms. The molecule has 5 saturated heterocycles. The first kappa shape index (κ1) is 128. The Kier molecular flexibility index (Phi) is 57.1. The molecule has 14 rings (SSSR count). The molecular formula is C105H139BrK2N12O23S4. The van der Waals surface area contributed by atoms with Gasteiger partial charge in [-0.05, 0) is 237 Å². The third-order valence-electron chi connectivity index (χ3n) is 23.0. The number of halogens is 1. The fraction of sp³-hybridized carbons (Fsp3) is 0.457. The predicted molar refractivity (Wildman–Crippen MR) is 567 cm³/mol. The molecule has 5 aliphatic heterocycles. The van der Waals surface area contributed by atoms with E-state index in [1.54, 1.807) is 154 Å². The van der Waals surface area contributed by atoms with Gasteiger partial charge in [-0.2, -0.15) is 0 Å². The number of nitrogens with zero attached hydrogens (tertiary/aromatic N) is 7. The van der Waals surface area contributed by atoms with Crippen LogP contribution in [0.4, 0.5) is 14.4 Å². The largest absolute Gasteiger partial charge is 1.00 e. The number of ether oxygens (including phenoxy) is 11. The Morgan fingerprint density at radius 2 is 0.755 bits per heavy atom. The Labute approximate surface area is 974 Å². The number of aliphatic carboxylic acids is 1. The summed E-state index contributed by atoms with van der Waals surface area (Å²) in [5, 5.41) is 35.5. The normalized spacial score (nSPS) is 14.2. The molecule has 6 amide bonds. The molecule has 790 valence electrons. The number of hydrogen-bond donors (Lipinski definition) is 6. The van der Waals surface area contributed by atoms with Gasteiger partial charge in [-0.1, -0.05) is 71.1 Å². The maximum absolute atomic E-state index is 12.3. The molecule has 35 nitrogen and oxygen atoms in total. The minimum atomic E-state index is -1.05. The molecule has 0 atom stereocenters. The number of carboxylic acid groups (broad SMARTS) is 1. The van der Waals surface area contributed by atoms with Crippen LogP contribution in [0.3, 0.4) is 0 Å². The van der Waals surface area contributed by atoms with E-state index in [1.165, 1.54) is 22.9 Å². The van der Waals surface area contributed by atoms with E-state index in [4.69, 9.17) is 106 Å². The molecule has 8 N–H and O–H groups in total. The second-order valence-corrected chi connectivity index (χ2v) is 40.3. The molecule has 0 radical (unpaired) electrons. The molecule has 5 aliphatic rings. The smallest absolute Gasteiger partial charge is 1.00 e. The van der Waals surface area contributed by atoms with Crippen LogP contribution in [0.25, 0.3) is 33.8 Å². The first-order valence-electron chi connectivity index (χ1n) is 47.2. The van der Waals surface area contributed by atoms with Gasteiger partial charge in [0.2, 0.25) is 5.91 Å². The van der Waals surface area contributed by atoms with Crippen LogP contribution in [-0.4, -0.2) is 256 Å². The Morgan fingerprint density at radius 3 is 1.05 bits per heavy atom. The molecule has 8 heterocycles. The van der Waals surface area contributed by atoms with E-state index < -0.39 is 22.8 Å². The van der Waals surface area contributed by atoms with Gasteiger partial charge in [0.15, 0.2) is 51.8 Å². The van der Waals surface area contributed by atoms with Crippen molar-refractivity contribution in [1.82, 2.24) is 50.5 Å². The number of carbonyl (C=O) groups is 9. The number of thiocarbonyl (C=S) groups is 1. The number of aromatic nitrogens is 3. The summed E-state index contributed by atoms with van der Waals surface area (Å²) in [5.41, 5.74) is 18.1. The van der Waals surface area contributed by atoms with Crippen LogP contribution >= 0.6 is 62.2 Å². The Hall–Kier alpha value is -9.46. The average molecular weight is 2220 g/mol. The van der Waals surface area contributed by atoms with E-state index in [2.05, 4.69) is 64.4 Å². The third-order valence-corrected chi connectivity index (χ3v) is 26.8. The summed E-state index contributed by atoms with van der Waals surface area (Å²) in [7, 11) is 12.9. The van der Waals surface area contributed by atoms with E-state index >= 15 is 0 Å². The van der Waals surface area contributed by atoms with Crippen molar-refractivity contribution < 1.29 is 215 Å². The summed E-state index contributed by atoms with van der Waals surface area (Å²) < 4.78 is 58.2. The van der Waals surface area contributed by atoms with Crippen LogP contribution < -0.4 is 173 Å². The van der Waals surface area contributed by atoms with Crippen molar-refractivity contribution in [3.63, 3.8) is 0 Å². The van der Waals surface area contributed by atoms with Crippen molar-refractivity contribution in [3.8, 4) is 79.8 Å². The molecule has 0 aliphatic carbocycles. The number of benzene rings is 6. The van der Waals surface area contributed by atoms with Crippen LogP contribution in [0.5, 0.6) is 46.0 Å². The summed E-state index contributed by atoms with van der Waals surface area (Å²) in [5.74, 6) is 5.33. The number of ketones is 1. The van der Waals surface area contributed by atoms with E-state index in [9.17, 15) is 38.4 Å². The van der Waals surface area contributed by atoms with Gasteiger partial charge in [0.05, 0.1) is 106 Å². The van der Waals surface area contributed by atoms with Gasteiger partial charge < -0.3 is 116 Å². The van der Waals surface area contributed by atoms with Gasteiger partial charge in [0.25, 0.3) is 18.3 Å². The number of nitrogens with two attached hydrogens (primary N) is 2. The summed E-state index contributed by atoms with van der Waals surface area (Å²) >= 11 is 13.2. The molecule has 3 aromatic heterocycles. The first-order chi connectivity index (χ1) is 69.1. The number of methoxy groups -OCH3 is 8.